The fraction of sp³-hybridized carbons (Fsp3) is 0.571. The highest BCUT2D eigenvalue weighted by molar-refractivity contribution is 6.31. The van der Waals surface area contributed by atoms with Gasteiger partial charge in [-0.25, -0.2) is 0 Å². The van der Waals surface area contributed by atoms with Gasteiger partial charge in [-0.15, -0.1) is 0 Å². The normalized spacial score (nSPS) is 23.6. The summed E-state index contributed by atoms with van der Waals surface area (Å²) in [5, 5.41) is 0.871. The van der Waals surface area contributed by atoms with Gasteiger partial charge in [-0.3, -0.25) is 4.90 Å². The van der Waals surface area contributed by atoms with Crippen LogP contribution in [0.15, 0.2) is 24.3 Å². The Morgan fingerprint density at radius 1 is 1.47 bits per heavy atom. The third-order valence-electron chi connectivity index (χ3n) is 3.64. The summed E-state index contributed by atoms with van der Waals surface area (Å²) < 4.78 is 0. The van der Waals surface area contributed by atoms with Gasteiger partial charge in [-0.1, -0.05) is 29.8 Å². The van der Waals surface area contributed by atoms with Crippen molar-refractivity contribution < 1.29 is 0 Å². The topological polar surface area (TPSA) is 29.3 Å². The van der Waals surface area contributed by atoms with E-state index in [4.69, 9.17) is 17.3 Å². The standard InChI is InChI=1S/C14H21ClN2/c1-11(16)12-6-4-8-17(9-12)10-13-5-2-3-7-14(13)15/h2-3,5,7,11-12H,4,6,8-10,16H2,1H3. The van der Waals surface area contributed by atoms with Crippen molar-refractivity contribution in [1.29, 1.82) is 0 Å². The van der Waals surface area contributed by atoms with Crippen LogP contribution in [0.3, 0.4) is 0 Å². The quantitative estimate of drug-likeness (QED) is 0.896. The fourth-order valence-electron chi connectivity index (χ4n) is 2.53. The lowest BCUT2D eigenvalue weighted by atomic mass is 9.92. The third-order valence-corrected chi connectivity index (χ3v) is 4.01. The van der Waals surface area contributed by atoms with Gasteiger partial charge < -0.3 is 5.73 Å². The van der Waals surface area contributed by atoms with Crippen LogP contribution in [0.2, 0.25) is 5.02 Å². The largest absolute Gasteiger partial charge is 0.328 e. The molecule has 2 nitrogen and oxygen atoms in total. The molecule has 1 aliphatic rings. The van der Waals surface area contributed by atoms with Crippen molar-refractivity contribution in [3.63, 3.8) is 0 Å². The van der Waals surface area contributed by atoms with Gasteiger partial charge >= 0.3 is 0 Å². The van der Waals surface area contributed by atoms with Crippen LogP contribution in [0.5, 0.6) is 0 Å². The number of likely N-dealkylation sites (tertiary alicyclic amines) is 1. The highest BCUT2D eigenvalue weighted by Gasteiger charge is 2.22. The van der Waals surface area contributed by atoms with E-state index >= 15 is 0 Å². The van der Waals surface area contributed by atoms with Crippen LogP contribution in [-0.4, -0.2) is 24.0 Å². The predicted molar refractivity (Wildman–Crippen MR) is 73.1 cm³/mol. The van der Waals surface area contributed by atoms with Crippen LogP contribution in [0.4, 0.5) is 0 Å². The van der Waals surface area contributed by atoms with E-state index < -0.39 is 0 Å². The molecule has 0 bridgehead atoms. The van der Waals surface area contributed by atoms with Crippen molar-refractivity contribution in [2.45, 2.75) is 32.4 Å². The molecular weight excluding hydrogens is 232 g/mol. The maximum atomic E-state index is 6.19. The lowest BCUT2D eigenvalue weighted by Crippen LogP contribution is -2.41. The van der Waals surface area contributed by atoms with Gasteiger partial charge in [0.25, 0.3) is 0 Å². The van der Waals surface area contributed by atoms with Crippen molar-refractivity contribution in [3.8, 4) is 0 Å². The highest BCUT2D eigenvalue weighted by Crippen LogP contribution is 2.23. The summed E-state index contributed by atoms with van der Waals surface area (Å²) >= 11 is 6.19. The van der Waals surface area contributed by atoms with Gasteiger partial charge in [-0.05, 0) is 43.9 Å². The maximum absolute atomic E-state index is 6.19. The minimum atomic E-state index is 0.295. The zero-order chi connectivity index (χ0) is 12.3. The summed E-state index contributed by atoms with van der Waals surface area (Å²) in [6.07, 6.45) is 2.51. The lowest BCUT2D eigenvalue weighted by Gasteiger charge is -2.34. The second kappa shape index (κ2) is 5.85. The Bertz CT molecular complexity index is 365. The predicted octanol–water partition coefficient (Wildman–Crippen LogP) is 2.90. The average molecular weight is 253 g/mol. The number of rotatable bonds is 3. The minimum Gasteiger partial charge on any atom is -0.328 e. The van der Waals surface area contributed by atoms with E-state index in [9.17, 15) is 0 Å². The molecule has 17 heavy (non-hydrogen) atoms. The lowest BCUT2D eigenvalue weighted by molar-refractivity contribution is 0.154. The van der Waals surface area contributed by atoms with E-state index in [0.717, 1.165) is 24.7 Å². The molecule has 2 atom stereocenters. The highest BCUT2D eigenvalue weighted by atomic mass is 35.5. The first kappa shape index (κ1) is 12.9. The molecule has 1 heterocycles. The molecule has 0 radical (unpaired) electrons. The summed E-state index contributed by atoms with van der Waals surface area (Å²) in [5.74, 6) is 0.631. The Hall–Kier alpha value is -0.570. The van der Waals surface area contributed by atoms with Gasteiger partial charge in [-0.2, -0.15) is 0 Å². The molecule has 1 fully saturated rings. The molecule has 1 aromatic rings. The first-order valence-electron chi connectivity index (χ1n) is 6.38. The smallest absolute Gasteiger partial charge is 0.0451 e. The fourth-order valence-corrected chi connectivity index (χ4v) is 2.73. The average Bonchev–Trinajstić information content (AvgIpc) is 2.32. The Morgan fingerprint density at radius 3 is 2.94 bits per heavy atom. The van der Waals surface area contributed by atoms with E-state index in [1.807, 2.05) is 18.2 Å². The molecule has 0 saturated carbocycles. The maximum Gasteiger partial charge on any atom is 0.0451 e. The minimum absolute atomic E-state index is 0.295. The van der Waals surface area contributed by atoms with Gasteiger partial charge in [0.1, 0.15) is 0 Å². The van der Waals surface area contributed by atoms with Gasteiger partial charge in [0.15, 0.2) is 0 Å². The summed E-state index contributed by atoms with van der Waals surface area (Å²) in [6, 6.07) is 8.40. The molecule has 0 spiro atoms. The van der Waals surface area contributed by atoms with Gasteiger partial charge in [0.2, 0.25) is 0 Å². The molecular formula is C14H21ClN2. The molecule has 1 aromatic carbocycles. The van der Waals surface area contributed by atoms with Crippen LogP contribution in [0.25, 0.3) is 0 Å². The Morgan fingerprint density at radius 2 is 2.24 bits per heavy atom. The molecule has 0 aliphatic carbocycles. The Balaban J connectivity index is 1.97. The molecule has 3 heteroatoms. The zero-order valence-corrected chi connectivity index (χ0v) is 11.2. The van der Waals surface area contributed by atoms with Crippen LogP contribution < -0.4 is 5.73 Å². The summed E-state index contributed by atoms with van der Waals surface area (Å²) in [6.45, 7) is 5.32. The Kier molecular flexibility index (Phi) is 4.43. The first-order valence-corrected chi connectivity index (χ1v) is 6.76. The second-order valence-electron chi connectivity index (χ2n) is 5.09. The first-order chi connectivity index (χ1) is 8.16. The summed E-state index contributed by atoms with van der Waals surface area (Å²) in [5.41, 5.74) is 7.22. The van der Waals surface area contributed by atoms with E-state index in [1.54, 1.807) is 0 Å². The summed E-state index contributed by atoms with van der Waals surface area (Å²) in [4.78, 5) is 2.47. The molecule has 0 amide bonds. The van der Waals surface area contributed by atoms with E-state index in [1.165, 1.54) is 18.4 Å². The Labute approximate surface area is 109 Å². The number of benzene rings is 1. The van der Waals surface area contributed by atoms with Crippen molar-refractivity contribution in [3.05, 3.63) is 34.9 Å². The molecule has 94 valence electrons. The van der Waals surface area contributed by atoms with Crippen LogP contribution in [0, 0.1) is 5.92 Å². The number of nitrogens with two attached hydrogens (primary N) is 1. The van der Waals surface area contributed by atoms with Crippen LogP contribution >= 0.6 is 11.6 Å². The molecule has 1 saturated heterocycles. The van der Waals surface area contributed by atoms with E-state index in [2.05, 4.69) is 17.9 Å². The number of hydrogen-bond donors (Lipinski definition) is 1. The SMILES string of the molecule is CC(N)C1CCCN(Cc2ccccc2Cl)C1. The molecule has 0 aromatic heterocycles. The van der Waals surface area contributed by atoms with Gasteiger partial charge in [0, 0.05) is 24.2 Å². The molecule has 2 rings (SSSR count). The number of piperidine rings is 1. The number of halogens is 1. The molecule has 2 unspecified atom stereocenters. The van der Waals surface area contributed by atoms with E-state index in [-0.39, 0.29) is 0 Å². The molecule has 2 N–H and O–H groups in total. The van der Waals surface area contributed by atoms with Crippen molar-refractivity contribution in [2.24, 2.45) is 11.7 Å². The van der Waals surface area contributed by atoms with Crippen molar-refractivity contribution in [2.75, 3.05) is 13.1 Å². The second-order valence-corrected chi connectivity index (χ2v) is 5.50. The zero-order valence-electron chi connectivity index (χ0n) is 10.4. The van der Waals surface area contributed by atoms with E-state index in [0.29, 0.717) is 12.0 Å². The van der Waals surface area contributed by atoms with Crippen molar-refractivity contribution in [1.82, 2.24) is 4.90 Å². The number of nitrogens with zero attached hydrogens (tertiary/aromatic N) is 1. The monoisotopic (exact) mass is 252 g/mol. The van der Waals surface area contributed by atoms with Crippen molar-refractivity contribution >= 4 is 11.6 Å². The summed E-state index contributed by atoms with van der Waals surface area (Å²) in [7, 11) is 0. The van der Waals surface area contributed by atoms with Crippen LogP contribution in [-0.2, 0) is 6.54 Å². The third kappa shape index (κ3) is 3.44. The molecule has 1 aliphatic heterocycles. The van der Waals surface area contributed by atoms with Gasteiger partial charge in [0.05, 0.1) is 0 Å². The van der Waals surface area contributed by atoms with Crippen LogP contribution in [0.1, 0.15) is 25.3 Å². The number of hydrogen-bond acceptors (Lipinski definition) is 2.